The van der Waals surface area contributed by atoms with Crippen molar-refractivity contribution >= 4 is 27.5 Å². The van der Waals surface area contributed by atoms with Crippen LogP contribution in [0.5, 0.6) is 5.75 Å². The lowest BCUT2D eigenvalue weighted by Crippen LogP contribution is -2.48. The summed E-state index contributed by atoms with van der Waals surface area (Å²) in [5, 5.41) is 14.0. The number of pyridine rings is 1. The number of likely N-dealkylation sites (N-methyl/N-ethyl adjacent to an activating group) is 1. The zero-order valence-corrected chi connectivity index (χ0v) is 28.6. The molecule has 0 unspecified atom stereocenters. The Balaban J connectivity index is 1.67. The van der Waals surface area contributed by atoms with E-state index in [1.807, 2.05) is 13.8 Å². The molecule has 0 radical (unpaired) electrons. The summed E-state index contributed by atoms with van der Waals surface area (Å²) in [6.07, 6.45) is 4.72. The number of benzene rings is 1. The minimum Gasteiger partial charge on any atom is -0.490 e. The fraction of sp³-hybridized carbons (Fsp3) is 0.515. The summed E-state index contributed by atoms with van der Waals surface area (Å²) in [7, 11) is -2.38. The Kier molecular flexibility index (Phi) is 12.0. The number of hydrogen-bond acceptors (Lipinski definition) is 10. The van der Waals surface area contributed by atoms with E-state index in [4.69, 9.17) is 14.0 Å². The number of fused-ring (bicyclic) bond motifs is 1. The van der Waals surface area contributed by atoms with Gasteiger partial charge in [0, 0.05) is 56.3 Å². The van der Waals surface area contributed by atoms with Crippen molar-refractivity contribution < 1.29 is 37.1 Å². The predicted octanol–water partition coefficient (Wildman–Crippen LogP) is 4.05. The van der Waals surface area contributed by atoms with Gasteiger partial charge in [0.05, 0.1) is 30.4 Å². The summed E-state index contributed by atoms with van der Waals surface area (Å²) in [4.78, 5) is 34.6. The van der Waals surface area contributed by atoms with Gasteiger partial charge >= 0.3 is 0 Å². The summed E-state index contributed by atoms with van der Waals surface area (Å²) < 4.78 is 46.8. The van der Waals surface area contributed by atoms with Gasteiger partial charge < -0.3 is 28.9 Å². The highest BCUT2D eigenvalue weighted by Gasteiger charge is 2.32. The molecule has 1 aliphatic heterocycles. The number of sulfonamides is 1. The van der Waals surface area contributed by atoms with Crippen molar-refractivity contribution in [3.8, 4) is 5.75 Å². The van der Waals surface area contributed by atoms with Gasteiger partial charge in [0.1, 0.15) is 11.4 Å². The Labute approximate surface area is 276 Å². The largest absolute Gasteiger partial charge is 0.490 e. The van der Waals surface area contributed by atoms with Crippen LogP contribution in [0.2, 0.25) is 0 Å². The molecule has 0 saturated heterocycles. The highest BCUT2D eigenvalue weighted by Crippen LogP contribution is 2.30. The molecule has 2 amide bonds. The van der Waals surface area contributed by atoms with Crippen molar-refractivity contribution in [3.05, 3.63) is 65.3 Å². The second kappa shape index (κ2) is 15.7. The molecule has 4 atom stereocenters. The van der Waals surface area contributed by atoms with E-state index in [0.717, 1.165) is 12.8 Å². The molecule has 14 heteroatoms. The molecule has 0 spiro atoms. The summed E-state index contributed by atoms with van der Waals surface area (Å²) in [5.74, 6) is -0.434. The van der Waals surface area contributed by atoms with Crippen LogP contribution in [0.15, 0.2) is 52.1 Å². The van der Waals surface area contributed by atoms with Crippen molar-refractivity contribution in [2.45, 2.75) is 77.0 Å². The van der Waals surface area contributed by atoms with Crippen LogP contribution in [0.3, 0.4) is 0 Å². The van der Waals surface area contributed by atoms with Crippen LogP contribution >= 0.6 is 0 Å². The minimum absolute atomic E-state index is 0.0726. The van der Waals surface area contributed by atoms with Crippen LogP contribution in [0.4, 0.5) is 5.69 Å². The molecular formula is C33H45N5O8S. The Hall–Kier alpha value is -4.01. The van der Waals surface area contributed by atoms with Crippen LogP contribution in [0, 0.1) is 19.8 Å². The lowest BCUT2D eigenvalue weighted by molar-refractivity contribution is -0.0149. The van der Waals surface area contributed by atoms with Crippen molar-refractivity contribution in [1.82, 2.24) is 19.9 Å². The van der Waals surface area contributed by atoms with Crippen molar-refractivity contribution in [1.29, 1.82) is 0 Å². The minimum atomic E-state index is -4.09. The Bertz CT molecular complexity index is 1610. The summed E-state index contributed by atoms with van der Waals surface area (Å²) in [6, 6.07) is 7.29. The van der Waals surface area contributed by atoms with Crippen LogP contribution in [-0.4, -0.2) is 96.9 Å². The molecule has 256 valence electrons. The maximum atomic E-state index is 14.4. The number of aliphatic hydroxyl groups excluding tert-OH is 1. The third kappa shape index (κ3) is 8.87. The van der Waals surface area contributed by atoms with Crippen LogP contribution in [0.25, 0.3) is 0 Å². The fourth-order valence-corrected chi connectivity index (χ4v) is 6.96. The first-order valence-electron chi connectivity index (χ1n) is 15.8. The number of nitrogens with one attached hydrogen (secondary N) is 1. The topological polar surface area (TPSA) is 164 Å². The molecule has 1 aliphatic rings. The number of aliphatic hydroxyl groups is 1. The zero-order chi connectivity index (χ0) is 34.3. The summed E-state index contributed by atoms with van der Waals surface area (Å²) >= 11 is 0. The van der Waals surface area contributed by atoms with E-state index in [2.05, 4.69) is 14.9 Å². The third-order valence-corrected chi connectivity index (χ3v) is 9.89. The highest BCUT2D eigenvalue weighted by molar-refractivity contribution is 7.92. The van der Waals surface area contributed by atoms with E-state index in [9.17, 15) is 23.1 Å². The molecule has 47 heavy (non-hydrogen) atoms. The van der Waals surface area contributed by atoms with Crippen LogP contribution < -0.4 is 9.46 Å². The molecule has 2 N–H and O–H groups in total. The SMILES string of the molecule is Cc1noc(C)c1S(=O)(=O)Nc1ccc2c(c1)C(=O)N([C@@H](C)CO)C[C@H](C)[C@H](CN(C)C(=O)c1ccncc1)OCCCC[C@H](C)O2. The number of hydrogen-bond donors (Lipinski definition) is 2. The Morgan fingerprint density at radius 2 is 1.89 bits per heavy atom. The van der Waals surface area contributed by atoms with E-state index in [1.165, 1.54) is 24.8 Å². The van der Waals surface area contributed by atoms with Gasteiger partial charge in [0.15, 0.2) is 10.7 Å². The standard InChI is InChI=1S/C33H45N5O8S/c1-21-18-38(22(2)20-39)33(41)28-17-27(36-47(42,43)31-24(4)35-46-25(31)5)10-11-29(28)45-23(3)9-7-8-16-44-30(21)19-37(6)32(40)26-12-14-34-15-13-26/h10-15,17,21-23,30,36,39H,7-9,16,18-20H2,1-6H3/t21-,22-,23-,30-/m0/s1. The molecule has 0 bridgehead atoms. The monoisotopic (exact) mass is 671 g/mol. The maximum Gasteiger partial charge on any atom is 0.267 e. The molecular weight excluding hydrogens is 626 g/mol. The van der Waals surface area contributed by atoms with Gasteiger partial charge in [-0.1, -0.05) is 12.1 Å². The average molecular weight is 672 g/mol. The number of aromatic nitrogens is 2. The van der Waals surface area contributed by atoms with Gasteiger partial charge in [-0.25, -0.2) is 8.42 Å². The third-order valence-electron chi connectivity index (χ3n) is 8.27. The first kappa shape index (κ1) is 35.8. The van der Waals surface area contributed by atoms with E-state index < -0.39 is 28.1 Å². The number of carbonyl (C=O) groups excluding carboxylic acids is 2. The summed E-state index contributed by atoms with van der Waals surface area (Å²) in [5.41, 5.74) is 1.01. The van der Waals surface area contributed by atoms with E-state index in [1.54, 1.807) is 55.5 Å². The van der Waals surface area contributed by atoms with Gasteiger partial charge in [-0.2, -0.15) is 0 Å². The normalized spacial score (nSPS) is 20.4. The first-order valence-corrected chi connectivity index (χ1v) is 17.3. The molecule has 3 aromatic rings. The zero-order valence-electron chi connectivity index (χ0n) is 27.8. The number of carbonyl (C=O) groups is 2. The highest BCUT2D eigenvalue weighted by atomic mass is 32.2. The van der Waals surface area contributed by atoms with Gasteiger partial charge in [-0.05, 0) is 77.3 Å². The predicted molar refractivity (Wildman–Crippen MR) is 175 cm³/mol. The van der Waals surface area contributed by atoms with Crippen LogP contribution in [-0.2, 0) is 14.8 Å². The molecule has 2 aromatic heterocycles. The van der Waals surface area contributed by atoms with Crippen LogP contribution in [0.1, 0.15) is 72.2 Å². The van der Waals surface area contributed by atoms with E-state index in [-0.39, 0.29) is 65.2 Å². The van der Waals surface area contributed by atoms with Crippen molar-refractivity contribution in [2.75, 3.05) is 38.1 Å². The number of ether oxygens (including phenoxy) is 2. The molecule has 3 heterocycles. The second-order valence-corrected chi connectivity index (χ2v) is 13.8. The van der Waals surface area contributed by atoms with Gasteiger partial charge in [-0.15, -0.1) is 0 Å². The maximum absolute atomic E-state index is 14.4. The molecule has 13 nitrogen and oxygen atoms in total. The lowest BCUT2D eigenvalue weighted by Gasteiger charge is -2.36. The van der Waals surface area contributed by atoms with Gasteiger partial charge in [0.25, 0.3) is 21.8 Å². The van der Waals surface area contributed by atoms with E-state index in [0.29, 0.717) is 24.3 Å². The molecule has 0 fully saturated rings. The number of aryl methyl sites for hydroxylation is 2. The smallest absolute Gasteiger partial charge is 0.267 e. The molecule has 4 rings (SSSR count). The van der Waals surface area contributed by atoms with Crippen molar-refractivity contribution in [2.24, 2.45) is 5.92 Å². The summed E-state index contributed by atoms with van der Waals surface area (Å²) in [6.45, 7) is 9.25. The molecule has 0 aliphatic carbocycles. The second-order valence-electron chi connectivity index (χ2n) is 12.2. The average Bonchev–Trinajstić information content (AvgIpc) is 3.40. The lowest BCUT2D eigenvalue weighted by atomic mass is 10.0. The quantitative estimate of drug-likeness (QED) is 0.357. The van der Waals surface area contributed by atoms with Gasteiger partial charge in [-0.3, -0.25) is 19.3 Å². The number of anilines is 1. The van der Waals surface area contributed by atoms with E-state index >= 15 is 0 Å². The van der Waals surface area contributed by atoms with Crippen molar-refractivity contribution in [3.63, 3.8) is 0 Å². The molecule has 1 aromatic carbocycles. The fourth-order valence-electron chi connectivity index (χ4n) is 5.58. The number of nitrogens with zero attached hydrogens (tertiary/aromatic N) is 4. The Morgan fingerprint density at radius 3 is 2.55 bits per heavy atom. The number of amides is 2. The molecule has 0 saturated carbocycles. The first-order chi connectivity index (χ1) is 22.3. The van der Waals surface area contributed by atoms with Gasteiger partial charge in [0.2, 0.25) is 0 Å². The number of rotatable bonds is 8. The Morgan fingerprint density at radius 1 is 1.17 bits per heavy atom.